The molecule has 0 spiro atoms. The Morgan fingerprint density at radius 3 is 1.92 bits per heavy atom. The van der Waals surface area contributed by atoms with Crippen molar-refractivity contribution in [3.63, 3.8) is 0 Å². The third-order valence-electron chi connectivity index (χ3n) is 5.66. The van der Waals surface area contributed by atoms with Crippen LogP contribution in [0, 0.1) is 5.41 Å². The van der Waals surface area contributed by atoms with E-state index in [4.69, 9.17) is 24.4 Å². The van der Waals surface area contributed by atoms with Gasteiger partial charge < -0.3 is 24.3 Å². The molecule has 2 bridgehead atoms. The highest BCUT2D eigenvalue weighted by molar-refractivity contribution is 6.62. The fraction of sp³-hybridized carbons (Fsp3) is 0.944. The maximum absolute atomic E-state index is 7.24. The maximum Gasteiger partial charge on any atom is 0.502 e. The summed E-state index contributed by atoms with van der Waals surface area (Å²) in [5.41, 5.74) is 5.35. The van der Waals surface area contributed by atoms with Gasteiger partial charge in [0.2, 0.25) is 0 Å². The molecule has 4 N–H and O–H groups in total. The lowest BCUT2D eigenvalue weighted by molar-refractivity contribution is 0.0122. The number of hydrogen-bond donors (Lipinski definition) is 3. The van der Waals surface area contributed by atoms with Crippen molar-refractivity contribution in [3.8, 4) is 0 Å². The van der Waals surface area contributed by atoms with Crippen LogP contribution in [0.15, 0.2) is 0 Å². The van der Waals surface area contributed by atoms with Crippen LogP contribution >= 0.6 is 0 Å². The quantitative estimate of drug-likeness (QED) is 0.306. The Hall–Kier alpha value is -0.633. The SMILES string of the molecule is N=C(N)NCCC[Si]12OC3CCCCCCCCCCCC(O1)C3O2. The van der Waals surface area contributed by atoms with Gasteiger partial charge in [-0.1, -0.05) is 57.8 Å². The van der Waals surface area contributed by atoms with Crippen molar-refractivity contribution < 1.29 is 13.3 Å². The molecule has 0 amide bonds. The van der Waals surface area contributed by atoms with Gasteiger partial charge in [0.1, 0.15) is 0 Å². The second-order valence-electron chi connectivity index (χ2n) is 7.78. The fourth-order valence-electron chi connectivity index (χ4n) is 4.36. The molecule has 3 fully saturated rings. The number of nitrogens with one attached hydrogen (secondary N) is 2. The number of fused-ring (bicyclic) bond motifs is 1. The van der Waals surface area contributed by atoms with Gasteiger partial charge in [0, 0.05) is 12.6 Å². The van der Waals surface area contributed by atoms with Crippen LogP contribution in [0.25, 0.3) is 0 Å². The molecule has 2 unspecified atom stereocenters. The van der Waals surface area contributed by atoms with Crippen LogP contribution < -0.4 is 11.1 Å². The Balaban J connectivity index is 1.54. The van der Waals surface area contributed by atoms with Gasteiger partial charge in [-0.05, 0) is 19.3 Å². The minimum atomic E-state index is -2.50. The molecule has 0 aromatic rings. The highest BCUT2D eigenvalue weighted by Gasteiger charge is 2.62. The zero-order valence-corrected chi connectivity index (χ0v) is 16.4. The van der Waals surface area contributed by atoms with Crippen LogP contribution in [0.5, 0.6) is 0 Å². The summed E-state index contributed by atoms with van der Waals surface area (Å²) in [5.74, 6) is 0.0230. The summed E-state index contributed by atoms with van der Waals surface area (Å²) in [5, 5.41) is 10.1. The molecule has 3 rings (SSSR count). The predicted octanol–water partition coefficient (Wildman–Crippen LogP) is 3.29. The Morgan fingerprint density at radius 2 is 1.40 bits per heavy atom. The van der Waals surface area contributed by atoms with Crippen LogP contribution in [0.4, 0.5) is 0 Å². The van der Waals surface area contributed by atoms with E-state index in [-0.39, 0.29) is 24.3 Å². The zero-order valence-electron chi connectivity index (χ0n) is 15.4. The van der Waals surface area contributed by atoms with E-state index in [1.807, 2.05) is 0 Å². The summed E-state index contributed by atoms with van der Waals surface area (Å²) in [6, 6.07) is 0.830. The standard InChI is InChI=1S/C18H35N3O3Si/c19-18(20)21-13-10-14-25-22-15-11-8-6-4-2-1-3-5-7-9-12-16(23-25)17(15)24-25/h15-17H,1-14H2,(H4,19,20,21). The van der Waals surface area contributed by atoms with E-state index in [0.29, 0.717) is 6.54 Å². The van der Waals surface area contributed by atoms with E-state index in [9.17, 15) is 0 Å². The fourth-order valence-corrected chi connectivity index (χ4v) is 7.63. The molecular weight excluding hydrogens is 334 g/mol. The first-order valence-electron chi connectivity index (χ1n) is 10.3. The van der Waals surface area contributed by atoms with Crippen molar-refractivity contribution in [2.45, 2.75) is 101 Å². The van der Waals surface area contributed by atoms with E-state index < -0.39 is 8.80 Å². The molecule has 144 valence electrons. The van der Waals surface area contributed by atoms with Crippen LogP contribution in [-0.4, -0.2) is 39.6 Å². The summed E-state index contributed by atoms with van der Waals surface area (Å²) in [6.45, 7) is 0.681. The first-order chi connectivity index (χ1) is 12.2. The van der Waals surface area contributed by atoms with E-state index >= 15 is 0 Å². The highest BCUT2D eigenvalue weighted by atomic mass is 28.4. The molecular formula is C18H35N3O3Si. The average Bonchev–Trinajstić information content (AvgIpc) is 3.11. The second-order valence-corrected chi connectivity index (χ2v) is 10.4. The summed E-state index contributed by atoms with van der Waals surface area (Å²) in [6.07, 6.45) is 15.8. The van der Waals surface area contributed by atoms with Gasteiger partial charge in [-0.3, -0.25) is 5.41 Å². The summed E-state index contributed by atoms with van der Waals surface area (Å²) < 4.78 is 19.1. The minimum Gasteiger partial charge on any atom is -0.370 e. The van der Waals surface area contributed by atoms with Crippen molar-refractivity contribution in [1.82, 2.24) is 5.32 Å². The summed E-state index contributed by atoms with van der Waals surface area (Å²) >= 11 is 0. The predicted molar refractivity (Wildman–Crippen MR) is 101 cm³/mol. The summed E-state index contributed by atoms with van der Waals surface area (Å²) in [7, 11) is -2.50. The van der Waals surface area contributed by atoms with Crippen molar-refractivity contribution in [3.05, 3.63) is 0 Å². The van der Waals surface area contributed by atoms with Crippen LogP contribution in [-0.2, 0) is 13.3 Å². The lowest BCUT2D eigenvalue weighted by Gasteiger charge is -2.31. The second kappa shape index (κ2) is 9.35. The Morgan fingerprint density at radius 1 is 0.880 bits per heavy atom. The molecule has 2 aliphatic heterocycles. The van der Waals surface area contributed by atoms with Gasteiger partial charge >= 0.3 is 8.80 Å². The molecule has 0 aromatic heterocycles. The molecule has 2 heterocycles. The Labute approximate surface area is 153 Å². The molecule has 6 nitrogen and oxygen atoms in total. The molecule has 1 saturated carbocycles. The molecule has 25 heavy (non-hydrogen) atoms. The molecule has 3 aliphatic rings. The van der Waals surface area contributed by atoms with Gasteiger partial charge in [-0.2, -0.15) is 0 Å². The van der Waals surface area contributed by atoms with Crippen LogP contribution in [0.2, 0.25) is 6.04 Å². The van der Waals surface area contributed by atoms with Crippen molar-refractivity contribution >= 4 is 14.8 Å². The highest BCUT2D eigenvalue weighted by Crippen LogP contribution is 2.43. The van der Waals surface area contributed by atoms with Crippen molar-refractivity contribution in [2.75, 3.05) is 6.54 Å². The van der Waals surface area contributed by atoms with Gasteiger partial charge in [0.15, 0.2) is 5.96 Å². The summed E-state index contributed by atoms with van der Waals surface area (Å²) in [4.78, 5) is 0. The van der Waals surface area contributed by atoms with Gasteiger partial charge in [0.05, 0.1) is 18.3 Å². The van der Waals surface area contributed by atoms with E-state index in [0.717, 1.165) is 25.3 Å². The average molecular weight is 370 g/mol. The van der Waals surface area contributed by atoms with Gasteiger partial charge in [-0.15, -0.1) is 0 Å². The van der Waals surface area contributed by atoms with Crippen LogP contribution in [0.1, 0.15) is 77.0 Å². The van der Waals surface area contributed by atoms with Gasteiger partial charge in [-0.25, -0.2) is 0 Å². The third kappa shape index (κ3) is 5.42. The monoisotopic (exact) mass is 369 g/mol. The topological polar surface area (TPSA) is 89.6 Å². The first-order valence-corrected chi connectivity index (χ1v) is 12.2. The zero-order chi connectivity index (χ0) is 17.5. The maximum atomic E-state index is 7.24. The van der Waals surface area contributed by atoms with Crippen LogP contribution in [0.3, 0.4) is 0 Å². The largest absolute Gasteiger partial charge is 0.502 e. The van der Waals surface area contributed by atoms with Crippen molar-refractivity contribution in [1.29, 1.82) is 5.41 Å². The number of nitrogens with two attached hydrogens (primary N) is 1. The lowest BCUT2D eigenvalue weighted by atomic mass is 9.96. The molecule has 1 aliphatic carbocycles. The van der Waals surface area contributed by atoms with E-state index in [2.05, 4.69) is 5.32 Å². The van der Waals surface area contributed by atoms with E-state index in [1.54, 1.807) is 0 Å². The van der Waals surface area contributed by atoms with Gasteiger partial charge in [0.25, 0.3) is 0 Å². The Kier molecular flexibility index (Phi) is 7.15. The first kappa shape index (κ1) is 19.1. The molecule has 2 atom stereocenters. The third-order valence-corrected chi connectivity index (χ3v) is 8.58. The Bertz CT molecular complexity index is 410. The minimum absolute atomic E-state index is 0.0230. The number of rotatable bonds is 4. The van der Waals surface area contributed by atoms with Crippen molar-refractivity contribution in [2.24, 2.45) is 5.73 Å². The number of guanidine groups is 1. The van der Waals surface area contributed by atoms with E-state index in [1.165, 1.54) is 57.8 Å². The molecule has 2 saturated heterocycles. The molecule has 7 heteroatoms. The molecule has 0 radical (unpaired) electrons. The smallest absolute Gasteiger partial charge is 0.370 e. The lowest BCUT2D eigenvalue weighted by Crippen LogP contribution is -2.46. The number of hydrogen-bond acceptors (Lipinski definition) is 4. The normalized spacial score (nSPS) is 36.7. The molecule has 0 aromatic carbocycles.